The third-order valence-corrected chi connectivity index (χ3v) is 3.64. The Labute approximate surface area is 118 Å². The van der Waals surface area contributed by atoms with E-state index in [0.717, 1.165) is 19.5 Å². The first-order chi connectivity index (χ1) is 9.20. The Hall–Kier alpha value is -1.26. The highest BCUT2D eigenvalue weighted by Crippen LogP contribution is 2.23. The second kappa shape index (κ2) is 6.78. The van der Waals surface area contributed by atoms with E-state index >= 15 is 0 Å². The van der Waals surface area contributed by atoms with Gasteiger partial charge in [-0.2, -0.15) is 0 Å². The van der Waals surface area contributed by atoms with Gasteiger partial charge >= 0.3 is 0 Å². The molecule has 2 N–H and O–H groups in total. The molecule has 0 bridgehead atoms. The van der Waals surface area contributed by atoms with E-state index in [0.29, 0.717) is 28.8 Å². The van der Waals surface area contributed by atoms with E-state index in [1.165, 1.54) is 13.5 Å². The fourth-order valence-corrected chi connectivity index (χ4v) is 2.46. The van der Waals surface area contributed by atoms with Crippen molar-refractivity contribution in [3.8, 4) is 5.75 Å². The van der Waals surface area contributed by atoms with Crippen LogP contribution in [0.3, 0.4) is 0 Å². The summed E-state index contributed by atoms with van der Waals surface area (Å²) < 4.78 is 5.17. The number of carbonyl (C=O) groups excluding carboxylic acids is 1. The van der Waals surface area contributed by atoms with E-state index in [1.807, 2.05) is 0 Å². The van der Waals surface area contributed by atoms with Crippen molar-refractivity contribution in [3.05, 3.63) is 28.8 Å². The Bertz CT molecular complexity index is 445. The molecule has 0 aromatic heterocycles. The van der Waals surface area contributed by atoms with Crippen molar-refractivity contribution in [1.82, 2.24) is 10.6 Å². The minimum absolute atomic E-state index is 0.112. The van der Waals surface area contributed by atoms with Gasteiger partial charge in [0.05, 0.1) is 12.7 Å². The maximum absolute atomic E-state index is 12.1. The fourth-order valence-electron chi connectivity index (χ4n) is 2.30. The lowest BCUT2D eigenvalue weighted by molar-refractivity contribution is 0.0948. The zero-order valence-electron chi connectivity index (χ0n) is 11.0. The summed E-state index contributed by atoms with van der Waals surface area (Å²) in [6, 6.07) is 5.03. The van der Waals surface area contributed by atoms with E-state index in [1.54, 1.807) is 18.2 Å². The maximum atomic E-state index is 12.1. The van der Waals surface area contributed by atoms with Crippen LogP contribution in [0.15, 0.2) is 18.2 Å². The average Bonchev–Trinajstić information content (AvgIpc) is 2.91. The van der Waals surface area contributed by atoms with Gasteiger partial charge in [0, 0.05) is 11.6 Å². The van der Waals surface area contributed by atoms with Crippen molar-refractivity contribution in [3.63, 3.8) is 0 Å². The van der Waals surface area contributed by atoms with Crippen LogP contribution >= 0.6 is 11.6 Å². The zero-order valence-corrected chi connectivity index (χ0v) is 11.8. The first kappa shape index (κ1) is 14.2. The van der Waals surface area contributed by atoms with E-state index in [2.05, 4.69) is 10.6 Å². The topological polar surface area (TPSA) is 50.4 Å². The number of methoxy groups -OCH3 is 1. The highest BCUT2D eigenvalue weighted by molar-refractivity contribution is 6.30. The fraction of sp³-hybridized carbons (Fsp3) is 0.500. The Kier molecular flexibility index (Phi) is 5.05. The molecule has 1 amide bonds. The van der Waals surface area contributed by atoms with Crippen LogP contribution in [0.2, 0.25) is 5.02 Å². The van der Waals surface area contributed by atoms with Gasteiger partial charge in [0.1, 0.15) is 5.75 Å². The van der Waals surface area contributed by atoms with Crippen LogP contribution in [0.4, 0.5) is 0 Å². The lowest BCUT2D eigenvalue weighted by atomic mass is 10.1. The third kappa shape index (κ3) is 3.85. The SMILES string of the molecule is COc1cc(Cl)ccc1C(=O)NCCC1CCNC1. The second-order valence-corrected chi connectivity index (χ2v) is 5.18. The first-order valence-electron chi connectivity index (χ1n) is 6.53. The summed E-state index contributed by atoms with van der Waals surface area (Å²) in [5, 5.41) is 6.81. The first-order valence-corrected chi connectivity index (χ1v) is 6.91. The molecular formula is C14H19ClN2O2. The largest absolute Gasteiger partial charge is 0.496 e. The van der Waals surface area contributed by atoms with Gasteiger partial charge < -0.3 is 15.4 Å². The molecule has 1 aromatic carbocycles. The molecule has 2 rings (SSSR count). The van der Waals surface area contributed by atoms with Gasteiger partial charge in [-0.15, -0.1) is 0 Å². The van der Waals surface area contributed by atoms with Crippen LogP contribution in [-0.4, -0.2) is 32.7 Å². The summed E-state index contributed by atoms with van der Waals surface area (Å²) in [6.45, 7) is 2.83. The number of hydrogen-bond donors (Lipinski definition) is 2. The third-order valence-electron chi connectivity index (χ3n) is 3.41. The van der Waals surface area contributed by atoms with E-state index in [4.69, 9.17) is 16.3 Å². The molecule has 0 spiro atoms. The number of ether oxygens (including phenoxy) is 1. The minimum atomic E-state index is -0.112. The normalized spacial score (nSPS) is 18.3. The molecule has 19 heavy (non-hydrogen) atoms. The Balaban J connectivity index is 1.88. The van der Waals surface area contributed by atoms with Crippen molar-refractivity contribution in [2.45, 2.75) is 12.8 Å². The van der Waals surface area contributed by atoms with Crippen molar-refractivity contribution >= 4 is 17.5 Å². The summed E-state index contributed by atoms with van der Waals surface area (Å²) in [4.78, 5) is 12.1. The van der Waals surface area contributed by atoms with Crippen molar-refractivity contribution in [2.75, 3.05) is 26.7 Å². The molecule has 1 heterocycles. The number of rotatable bonds is 5. The standard InChI is InChI=1S/C14H19ClN2O2/c1-19-13-8-11(15)2-3-12(13)14(18)17-7-5-10-4-6-16-9-10/h2-3,8,10,16H,4-7,9H2,1H3,(H,17,18). The summed E-state index contributed by atoms with van der Waals surface area (Å²) in [5.41, 5.74) is 0.524. The van der Waals surface area contributed by atoms with E-state index < -0.39 is 0 Å². The van der Waals surface area contributed by atoms with Gasteiger partial charge in [-0.3, -0.25) is 4.79 Å². The summed E-state index contributed by atoms with van der Waals surface area (Å²) in [6.07, 6.45) is 2.20. The highest BCUT2D eigenvalue weighted by atomic mass is 35.5. The molecule has 1 fully saturated rings. The number of carbonyl (C=O) groups is 1. The Morgan fingerprint density at radius 3 is 3.11 bits per heavy atom. The minimum Gasteiger partial charge on any atom is -0.496 e. The summed E-state index contributed by atoms with van der Waals surface area (Å²) in [5.74, 6) is 1.07. The molecule has 1 atom stereocenters. The Morgan fingerprint density at radius 2 is 2.42 bits per heavy atom. The second-order valence-electron chi connectivity index (χ2n) is 4.75. The quantitative estimate of drug-likeness (QED) is 0.869. The van der Waals surface area contributed by atoms with Crippen LogP contribution in [-0.2, 0) is 0 Å². The van der Waals surface area contributed by atoms with E-state index in [9.17, 15) is 4.79 Å². The molecule has 4 nitrogen and oxygen atoms in total. The molecule has 1 aliphatic rings. The summed E-state index contributed by atoms with van der Waals surface area (Å²) >= 11 is 5.87. The van der Waals surface area contributed by atoms with Crippen LogP contribution < -0.4 is 15.4 Å². The molecule has 0 saturated carbocycles. The number of amides is 1. The van der Waals surface area contributed by atoms with Crippen molar-refractivity contribution in [2.24, 2.45) is 5.92 Å². The van der Waals surface area contributed by atoms with Crippen LogP contribution in [0.5, 0.6) is 5.75 Å². The molecule has 0 aliphatic carbocycles. The van der Waals surface area contributed by atoms with Crippen LogP contribution in [0.1, 0.15) is 23.2 Å². The molecule has 104 valence electrons. The van der Waals surface area contributed by atoms with E-state index in [-0.39, 0.29) is 5.91 Å². The molecule has 1 aliphatic heterocycles. The molecule has 1 aromatic rings. The Morgan fingerprint density at radius 1 is 1.58 bits per heavy atom. The lowest BCUT2D eigenvalue weighted by Crippen LogP contribution is -2.26. The molecule has 5 heteroatoms. The van der Waals surface area contributed by atoms with Gasteiger partial charge in [0.25, 0.3) is 5.91 Å². The lowest BCUT2D eigenvalue weighted by Gasteiger charge is -2.11. The summed E-state index contributed by atoms with van der Waals surface area (Å²) in [7, 11) is 1.53. The number of halogens is 1. The van der Waals surface area contributed by atoms with Crippen molar-refractivity contribution < 1.29 is 9.53 Å². The predicted molar refractivity (Wildman–Crippen MR) is 75.9 cm³/mol. The van der Waals surface area contributed by atoms with Gasteiger partial charge in [0.15, 0.2) is 0 Å². The van der Waals surface area contributed by atoms with Crippen LogP contribution in [0.25, 0.3) is 0 Å². The van der Waals surface area contributed by atoms with Crippen LogP contribution in [0, 0.1) is 5.92 Å². The maximum Gasteiger partial charge on any atom is 0.255 e. The van der Waals surface area contributed by atoms with Crippen molar-refractivity contribution in [1.29, 1.82) is 0 Å². The van der Waals surface area contributed by atoms with Gasteiger partial charge in [-0.05, 0) is 50.0 Å². The number of benzene rings is 1. The van der Waals surface area contributed by atoms with Gasteiger partial charge in [-0.1, -0.05) is 11.6 Å². The van der Waals surface area contributed by atoms with Gasteiger partial charge in [0.2, 0.25) is 0 Å². The highest BCUT2D eigenvalue weighted by Gasteiger charge is 2.16. The zero-order chi connectivity index (χ0) is 13.7. The molecule has 1 unspecified atom stereocenters. The van der Waals surface area contributed by atoms with Gasteiger partial charge in [-0.25, -0.2) is 0 Å². The average molecular weight is 283 g/mol. The smallest absolute Gasteiger partial charge is 0.255 e. The molecule has 1 saturated heterocycles. The molecule has 0 radical (unpaired) electrons. The monoisotopic (exact) mass is 282 g/mol. The molecular weight excluding hydrogens is 264 g/mol. The number of hydrogen-bond acceptors (Lipinski definition) is 3. The predicted octanol–water partition coefficient (Wildman–Crippen LogP) is 2.08. The number of nitrogens with one attached hydrogen (secondary N) is 2.